The van der Waals surface area contributed by atoms with Gasteiger partial charge in [-0.2, -0.15) is 0 Å². The summed E-state index contributed by atoms with van der Waals surface area (Å²) in [6.45, 7) is 7.32. The van der Waals surface area contributed by atoms with Crippen molar-refractivity contribution in [3.05, 3.63) is 0 Å². The predicted octanol–water partition coefficient (Wildman–Crippen LogP) is 22.9. The summed E-state index contributed by atoms with van der Waals surface area (Å²) in [5.74, 6) is -1.31. The van der Waals surface area contributed by atoms with Crippen LogP contribution >= 0.6 is 15.6 Å². The van der Waals surface area contributed by atoms with Gasteiger partial charge in [0.05, 0.1) is 26.4 Å². The first kappa shape index (κ1) is 94.1. The molecule has 0 saturated heterocycles. The normalized spacial score (nSPS) is 13.9. The summed E-state index contributed by atoms with van der Waals surface area (Å²) in [5.41, 5.74) is 0. The van der Waals surface area contributed by atoms with Crippen LogP contribution in [-0.4, -0.2) is 96.7 Å². The molecule has 0 aromatic rings. The quantitative estimate of drug-likeness (QED) is 0.0222. The molecule has 0 aliphatic rings. The fourth-order valence-corrected chi connectivity index (χ4v) is 13.5. The Hall–Kier alpha value is -1.94. The molecule has 0 aliphatic carbocycles. The van der Waals surface area contributed by atoms with Crippen LogP contribution in [0, 0.1) is 5.92 Å². The number of rotatable bonds is 77. The molecule has 0 bridgehead atoms. The largest absolute Gasteiger partial charge is 0.472 e. The number of hydrogen-bond donors (Lipinski definition) is 3. The number of carbonyl (C=O) groups excluding carboxylic acids is 4. The minimum Gasteiger partial charge on any atom is -0.462 e. The molecule has 17 nitrogen and oxygen atoms in total. The second kappa shape index (κ2) is 70.1. The Bertz CT molecular complexity index is 1840. The van der Waals surface area contributed by atoms with Crippen LogP contribution < -0.4 is 0 Å². The van der Waals surface area contributed by atoms with Crippen molar-refractivity contribution in [1.29, 1.82) is 0 Å². The van der Waals surface area contributed by atoms with Crippen molar-refractivity contribution < 1.29 is 80.2 Å². The van der Waals surface area contributed by atoms with Gasteiger partial charge in [-0.25, -0.2) is 9.13 Å². The van der Waals surface area contributed by atoms with Crippen LogP contribution in [0.3, 0.4) is 0 Å². The van der Waals surface area contributed by atoms with Gasteiger partial charge in [0.15, 0.2) is 12.2 Å². The van der Waals surface area contributed by atoms with Gasteiger partial charge in [-0.3, -0.25) is 37.3 Å². The van der Waals surface area contributed by atoms with E-state index in [1.54, 1.807) is 0 Å². The van der Waals surface area contributed by atoms with E-state index in [0.717, 1.165) is 95.8 Å². The van der Waals surface area contributed by atoms with Crippen LogP contribution in [0.1, 0.15) is 407 Å². The lowest BCUT2D eigenvalue weighted by molar-refractivity contribution is -0.161. The minimum atomic E-state index is -4.96. The third kappa shape index (κ3) is 70.5. The number of phosphoric ester groups is 2. The Morgan fingerprint density at radius 2 is 0.479 bits per heavy atom. The number of aliphatic hydroxyl groups is 1. The molecule has 3 N–H and O–H groups in total. The molecule has 570 valence electrons. The van der Waals surface area contributed by atoms with Gasteiger partial charge in [-0.1, -0.05) is 356 Å². The van der Waals surface area contributed by atoms with Crippen molar-refractivity contribution >= 4 is 39.5 Å². The Morgan fingerprint density at radius 1 is 0.281 bits per heavy atom. The van der Waals surface area contributed by atoms with Gasteiger partial charge < -0.3 is 33.8 Å². The van der Waals surface area contributed by atoms with Crippen molar-refractivity contribution in [2.45, 2.75) is 425 Å². The van der Waals surface area contributed by atoms with E-state index in [1.165, 1.54) is 231 Å². The van der Waals surface area contributed by atoms with Crippen molar-refractivity contribution in [3.63, 3.8) is 0 Å². The Morgan fingerprint density at radius 3 is 0.708 bits per heavy atom. The topological polar surface area (TPSA) is 237 Å². The molecule has 0 spiro atoms. The van der Waals surface area contributed by atoms with Gasteiger partial charge in [0, 0.05) is 25.7 Å². The molecule has 0 aliphatic heterocycles. The van der Waals surface area contributed by atoms with Crippen molar-refractivity contribution in [3.8, 4) is 0 Å². The van der Waals surface area contributed by atoms with Gasteiger partial charge in [0.1, 0.15) is 19.3 Å². The van der Waals surface area contributed by atoms with Crippen LogP contribution in [0.25, 0.3) is 0 Å². The molecule has 0 radical (unpaired) electrons. The summed E-state index contributed by atoms with van der Waals surface area (Å²) < 4.78 is 68.6. The molecule has 0 heterocycles. The molecule has 0 fully saturated rings. The number of carbonyl (C=O) groups is 4. The third-order valence-electron chi connectivity index (χ3n) is 18.0. The molecular weight excluding hydrogens is 1260 g/mol. The smallest absolute Gasteiger partial charge is 0.462 e. The first-order chi connectivity index (χ1) is 46.5. The van der Waals surface area contributed by atoms with Crippen LogP contribution in [-0.2, 0) is 65.4 Å². The van der Waals surface area contributed by atoms with E-state index >= 15 is 0 Å². The molecule has 0 rings (SSSR count). The van der Waals surface area contributed by atoms with E-state index in [-0.39, 0.29) is 25.7 Å². The van der Waals surface area contributed by atoms with E-state index in [1.807, 2.05) is 0 Å². The van der Waals surface area contributed by atoms with Crippen molar-refractivity contribution in [1.82, 2.24) is 0 Å². The Balaban J connectivity index is 5.23. The maximum Gasteiger partial charge on any atom is 0.472 e. The lowest BCUT2D eigenvalue weighted by Gasteiger charge is -2.21. The molecule has 96 heavy (non-hydrogen) atoms. The van der Waals surface area contributed by atoms with Crippen LogP contribution in [0.5, 0.6) is 0 Å². The average molecular weight is 1410 g/mol. The molecule has 2 unspecified atom stereocenters. The fourth-order valence-electron chi connectivity index (χ4n) is 11.9. The summed E-state index contributed by atoms with van der Waals surface area (Å²) in [5, 5.41) is 10.6. The number of aliphatic hydroxyl groups excluding tert-OH is 1. The molecule has 0 amide bonds. The number of unbranched alkanes of at least 4 members (excludes halogenated alkanes) is 49. The van der Waals surface area contributed by atoms with E-state index in [4.69, 9.17) is 37.0 Å². The Labute approximate surface area is 588 Å². The van der Waals surface area contributed by atoms with E-state index in [0.29, 0.717) is 25.7 Å². The van der Waals surface area contributed by atoms with E-state index < -0.39 is 97.5 Å². The minimum absolute atomic E-state index is 0.108. The zero-order chi connectivity index (χ0) is 70.5. The Kier molecular flexibility index (Phi) is 68.7. The van der Waals surface area contributed by atoms with Crippen molar-refractivity contribution in [2.24, 2.45) is 5.92 Å². The monoisotopic (exact) mass is 1410 g/mol. The predicted molar refractivity (Wildman–Crippen MR) is 391 cm³/mol. The van der Waals surface area contributed by atoms with Gasteiger partial charge >= 0.3 is 39.5 Å². The number of esters is 4. The van der Waals surface area contributed by atoms with Crippen LogP contribution in [0.15, 0.2) is 0 Å². The van der Waals surface area contributed by atoms with E-state index in [2.05, 4.69) is 34.6 Å². The molecular formula is C77H150O17P2. The zero-order valence-corrected chi connectivity index (χ0v) is 64.3. The summed E-state index contributed by atoms with van der Waals surface area (Å²) >= 11 is 0. The molecule has 0 aromatic heterocycles. The molecule has 5 atom stereocenters. The summed E-state index contributed by atoms with van der Waals surface area (Å²) in [4.78, 5) is 72.8. The lowest BCUT2D eigenvalue weighted by atomic mass is 10.0. The molecule has 0 saturated carbocycles. The highest BCUT2D eigenvalue weighted by molar-refractivity contribution is 7.47. The van der Waals surface area contributed by atoms with Gasteiger partial charge in [0.25, 0.3) is 0 Å². The maximum absolute atomic E-state index is 13.1. The van der Waals surface area contributed by atoms with Crippen LogP contribution in [0.2, 0.25) is 0 Å². The fraction of sp³-hybridized carbons (Fsp3) is 0.948. The molecule has 0 aromatic carbocycles. The van der Waals surface area contributed by atoms with Crippen LogP contribution in [0.4, 0.5) is 0 Å². The number of ether oxygens (including phenoxy) is 4. The van der Waals surface area contributed by atoms with Gasteiger partial charge in [-0.05, 0) is 31.6 Å². The third-order valence-corrected chi connectivity index (χ3v) is 19.9. The summed E-state index contributed by atoms with van der Waals surface area (Å²) in [7, 11) is -9.91. The van der Waals surface area contributed by atoms with Gasteiger partial charge in [-0.15, -0.1) is 0 Å². The van der Waals surface area contributed by atoms with Gasteiger partial charge in [0.2, 0.25) is 0 Å². The highest BCUT2D eigenvalue weighted by Gasteiger charge is 2.30. The number of hydrogen-bond acceptors (Lipinski definition) is 15. The standard InChI is InChI=1S/C77H150O17P2/c1-6-9-12-15-18-21-23-25-28-33-36-41-46-51-56-61-75(80)88-67-73(94-77(82)63-58-53-48-43-38-34-30-27-29-31-35-40-44-49-54-59-70(4)5)69-92-96(85,86)90-65-71(78)64-89-95(83,84)91-68-72(66-87-74(79)60-55-50-45-39-20-17-14-11-8-3)93-76(81)62-57-52-47-42-37-32-26-24-22-19-16-13-10-7-2/h70-73,78H,6-69H2,1-5H3,(H,83,84)(H,85,86)/t71-,72+,73+/m0/s1. The highest BCUT2D eigenvalue weighted by Crippen LogP contribution is 2.45. The van der Waals surface area contributed by atoms with E-state index in [9.17, 15) is 43.2 Å². The lowest BCUT2D eigenvalue weighted by Crippen LogP contribution is -2.30. The number of phosphoric acid groups is 2. The maximum atomic E-state index is 13.1. The van der Waals surface area contributed by atoms with Crippen molar-refractivity contribution in [2.75, 3.05) is 39.6 Å². The second-order valence-electron chi connectivity index (χ2n) is 28.2. The summed E-state index contributed by atoms with van der Waals surface area (Å²) in [6, 6.07) is 0. The molecule has 19 heteroatoms. The summed E-state index contributed by atoms with van der Waals surface area (Å²) in [6.07, 6.45) is 59.5. The zero-order valence-electron chi connectivity index (χ0n) is 62.5. The first-order valence-corrected chi connectivity index (χ1v) is 43.1. The SMILES string of the molecule is CCCCCCCCCCCCCCCCCC(=O)OC[C@H](COP(=O)(O)OC[C@@H](O)COP(=O)(O)OC[C@@H](COC(=O)CCCCCCCCCCC)OC(=O)CCCCCCCCCCCCCCCC)OC(=O)CCCCCCCCCCCCCCCCCC(C)C. The second-order valence-corrected chi connectivity index (χ2v) is 31.1. The highest BCUT2D eigenvalue weighted by atomic mass is 31.2. The first-order valence-electron chi connectivity index (χ1n) is 40.1. The average Bonchev–Trinajstić information content (AvgIpc) is 1.43.